The molecule has 11 nitrogen and oxygen atoms in total. The van der Waals surface area contributed by atoms with Crippen LogP contribution in [0, 0.1) is 0 Å². The van der Waals surface area contributed by atoms with Crippen molar-refractivity contribution < 1.29 is 43.3 Å². The first kappa shape index (κ1) is 32.1. The number of amides is 2. The standard InChI is InChI=1S/C29H38N2O9S/c1-28(2,3)39-26(36)20(17-11-8-7-9-12-17)23(34)30-21-24(35)31-15-18(16-38-19(33)13-10-14-32)22(41-25(21)31)27(37)40-29(4,5)6/h7-9,11-12,15,20-22,25,32H,10,13-14,16H2,1-6H3,(H,30,34)/t20?,21?,22?,25-/m1/s1. The summed E-state index contributed by atoms with van der Waals surface area (Å²) in [6.45, 7) is 9.84. The number of β-lactam (4-membered cyclic amide) rings is 1. The van der Waals surface area contributed by atoms with Crippen molar-refractivity contribution in [3.63, 3.8) is 0 Å². The van der Waals surface area contributed by atoms with E-state index in [9.17, 15) is 24.0 Å². The highest BCUT2D eigenvalue weighted by Crippen LogP contribution is 2.42. The van der Waals surface area contributed by atoms with E-state index in [0.717, 1.165) is 11.8 Å². The molecule has 0 aromatic heterocycles. The predicted octanol–water partition coefficient (Wildman–Crippen LogP) is 2.42. The average Bonchev–Trinajstić information content (AvgIpc) is 2.87. The van der Waals surface area contributed by atoms with Crippen molar-refractivity contribution in [2.75, 3.05) is 13.2 Å². The Bertz CT molecular complexity index is 1190. The molecule has 0 spiro atoms. The van der Waals surface area contributed by atoms with E-state index >= 15 is 0 Å². The SMILES string of the molecule is CC(C)(C)OC(=O)C1S[C@@H]2C(NC(=O)C(C(=O)OC(C)(C)C)c3ccccc3)C(=O)N2C=C1COC(=O)CCCO. The summed E-state index contributed by atoms with van der Waals surface area (Å²) >= 11 is 1.09. The Morgan fingerprint density at radius 1 is 1.02 bits per heavy atom. The molecule has 2 N–H and O–H groups in total. The molecule has 4 atom stereocenters. The van der Waals surface area contributed by atoms with E-state index in [2.05, 4.69) is 5.32 Å². The molecular formula is C29H38N2O9S. The van der Waals surface area contributed by atoms with Crippen LogP contribution in [0.3, 0.4) is 0 Å². The van der Waals surface area contributed by atoms with Gasteiger partial charge in [0, 0.05) is 24.8 Å². The monoisotopic (exact) mass is 590 g/mol. The van der Waals surface area contributed by atoms with Gasteiger partial charge in [0.2, 0.25) is 5.91 Å². The molecule has 1 fully saturated rings. The summed E-state index contributed by atoms with van der Waals surface area (Å²) in [5.74, 6) is -4.34. The minimum absolute atomic E-state index is 0.00757. The molecule has 2 aliphatic heterocycles. The van der Waals surface area contributed by atoms with Gasteiger partial charge < -0.3 is 29.5 Å². The molecular weight excluding hydrogens is 552 g/mol. The number of fused-ring (bicyclic) bond motifs is 1. The third-order valence-electron chi connectivity index (χ3n) is 5.89. The average molecular weight is 591 g/mol. The zero-order chi connectivity index (χ0) is 30.5. The zero-order valence-corrected chi connectivity index (χ0v) is 25.0. The van der Waals surface area contributed by atoms with Gasteiger partial charge in [0.1, 0.15) is 34.5 Å². The van der Waals surface area contributed by atoms with Crippen LogP contribution in [0.5, 0.6) is 0 Å². The molecule has 0 bridgehead atoms. The van der Waals surface area contributed by atoms with Crippen molar-refractivity contribution >= 4 is 41.5 Å². The van der Waals surface area contributed by atoms with Gasteiger partial charge in [0.25, 0.3) is 5.91 Å². The molecule has 41 heavy (non-hydrogen) atoms. The van der Waals surface area contributed by atoms with E-state index in [0.29, 0.717) is 11.1 Å². The van der Waals surface area contributed by atoms with Gasteiger partial charge in [-0.15, -0.1) is 11.8 Å². The molecule has 0 saturated carbocycles. The molecule has 224 valence electrons. The van der Waals surface area contributed by atoms with Gasteiger partial charge in [0.05, 0.1) is 0 Å². The highest BCUT2D eigenvalue weighted by atomic mass is 32.2. The van der Waals surface area contributed by atoms with Crippen LogP contribution in [0.15, 0.2) is 42.1 Å². The van der Waals surface area contributed by atoms with Gasteiger partial charge in [-0.1, -0.05) is 30.3 Å². The van der Waals surface area contributed by atoms with E-state index in [1.54, 1.807) is 71.9 Å². The van der Waals surface area contributed by atoms with Gasteiger partial charge in [-0.05, 0) is 53.5 Å². The Balaban J connectivity index is 1.81. The Morgan fingerprint density at radius 2 is 1.66 bits per heavy atom. The molecule has 1 aromatic carbocycles. The molecule has 1 aromatic rings. The minimum atomic E-state index is -1.31. The van der Waals surface area contributed by atoms with Gasteiger partial charge in [-0.3, -0.25) is 24.0 Å². The van der Waals surface area contributed by atoms with Gasteiger partial charge >= 0.3 is 17.9 Å². The fraction of sp³-hybridized carbons (Fsp3) is 0.552. The van der Waals surface area contributed by atoms with Crippen LogP contribution in [0.2, 0.25) is 0 Å². The van der Waals surface area contributed by atoms with Crippen LogP contribution < -0.4 is 5.32 Å². The van der Waals surface area contributed by atoms with Crippen LogP contribution in [0.4, 0.5) is 0 Å². The van der Waals surface area contributed by atoms with E-state index in [1.807, 2.05) is 0 Å². The largest absolute Gasteiger partial charge is 0.461 e. The minimum Gasteiger partial charge on any atom is -0.461 e. The molecule has 0 aliphatic carbocycles. The number of hydrogen-bond acceptors (Lipinski definition) is 10. The number of hydrogen-bond donors (Lipinski definition) is 2. The fourth-order valence-electron chi connectivity index (χ4n) is 4.15. The van der Waals surface area contributed by atoms with Gasteiger partial charge in [-0.2, -0.15) is 0 Å². The van der Waals surface area contributed by atoms with Crippen molar-refractivity contribution in [2.24, 2.45) is 0 Å². The topological polar surface area (TPSA) is 149 Å². The van der Waals surface area contributed by atoms with Gasteiger partial charge in [-0.25, -0.2) is 0 Å². The smallest absolute Gasteiger partial charge is 0.324 e. The van der Waals surface area contributed by atoms with Crippen LogP contribution in [0.25, 0.3) is 0 Å². The third-order valence-corrected chi connectivity index (χ3v) is 7.44. The Morgan fingerprint density at radius 3 is 2.24 bits per heavy atom. The number of carbonyl (C=O) groups excluding carboxylic acids is 5. The summed E-state index contributed by atoms with van der Waals surface area (Å²) in [6.07, 6.45) is 1.69. The zero-order valence-electron chi connectivity index (χ0n) is 24.2. The highest BCUT2D eigenvalue weighted by Gasteiger charge is 2.54. The first-order valence-electron chi connectivity index (χ1n) is 13.4. The Kier molecular flexibility index (Phi) is 10.2. The second kappa shape index (κ2) is 13.1. The molecule has 1 saturated heterocycles. The summed E-state index contributed by atoms with van der Waals surface area (Å²) in [7, 11) is 0. The number of nitrogens with zero attached hydrogens (tertiary/aromatic N) is 1. The number of thioether (sulfide) groups is 1. The summed E-state index contributed by atoms with van der Waals surface area (Å²) in [5.41, 5.74) is -0.865. The van der Waals surface area contributed by atoms with Crippen molar-refractivity contribution in [3.8, 4) is 0 Å². The van der Waals surface area contributed by atoms with E-state index < -0.39 is 63.5 Å². The lowest BCUT2D eigenvalue weighted by atomic mass is 9.96. The number of benzene rings is 1. The van der Waals surface area contributed by atoms with Crippen LogP contribution in [-0.4, -0.2) is 80.8 Å². The van der Waals surface area contributed by atoms with Crippen LogP contribution >= 0.6 is 11.8 Å². The predicted molar refractivity (Wildman–Crippen MR) is 150 cm³/mol. The van der Waals surface area contributed by atoms with Gasteiger partial charge in [0.15, 0.2) is 5.92 Å². The lowest BCUT2D eigenvalue weighted by Gasteiger charge is -2.49. The summed E-state index contributed by atoms with van der Waals surface area (Å²) < 4.78 is 16.3. The highest BCUT2D eigenvalue weighted by molar-refractivity contribution is 8.01. The third kappa shape index (κ3) is 8.56. The maximum absolute atomic E-state index is 13.5. The van der Waals surface area contributed by atoms with E-state index in [1.165, 1.54) is 11.1 Å². The number of nitrogens with one attached hydrogen (secondary N) is 1. The summed E-state index contributed by atoms with van der Waals surface area (Å²) in [4.78, 5) is 66.1. The molecule has 3 unspecified atom stereocenters. The Hall–Kier alpha value is -3.38. The Labute approximate surface area is 243 Å². The molecule has 0 radical (unpaired) electrons. The number of rotatable bonds is 10. The lowest BCUT2D eigenvalue weighted by molar-refractivity contribution is -0.160. The first-order chi connectivity index (χ1) is 19.1. The molecule has 3 rings (SSSR count). The molecule has 2 heterocycles. The lowest BCUT2D eigenvalue weighted by Crippen LogP contribution is -2.70. The number of aliphatic hydroxyl groups is 1. The maximum atomic E-state index is 13.5. The van der Waals surface area contributed by atoms with Crippen LogP contribution in [-0.2, 0) is 38.2 Å². The molecule has 2 aliphatic rings. The van der Waals surface area contributed by atoms with Crippen molar-refractivity contribution in [2.45, 2.75) is 88.2 Å². The van der Waals surface area contributed by atoms with E-state index in [4.69, 9.17) is 19.3 Å². The normalized spacial score (nSPS) is 21.0. The number of aliphatic hydroxyl groups excluding tert-OH is 1. The number of esters is 3. The van der Waals surface area contributed by atoms with Crippen molar-refractivity contribution in [1.29, 1.82) is 0 Å². The van der Waals surface area contributed by atoms with E-state index in [-0.39, 0.29) is 26.1 Å². The fourth-order valence-corrected chi connectivity index (χ4v) is 5.52. The summed E-state index contributed by atoms with van der Waals surface area (Å²) in [6, 6.07) is 7.39. The van der Waals surface area contributed by atoms with Crippen LogP contribution in [0.1, 0.15) is 65.9 Å². The second-order valence-electron chi connectivity index (χ2n) is 11.7. The number of ether oxygens (including phenoxy) is 3. The van der Waals surface area contributed by atoms with Crippen molar-refractivity contribution in [3.05, 3.63) is 47.7 Å². The quantitative estimate of drug-likeness (QED) is 0.180. The first-order valence-corrected chi connectivity index (χ1v) is 14.3. The second-order valence-corrected chi connectivity index (χ2v) is 13.0. The molecule has 12 heteroatoms. The number of carbonyl (C=O) groups is 5. The molecule has 2 amide bonds. The summed E-state index contributed by atoms with van der Waals surface area (Å²) in [5, 5.41) is 10.1. The maximum Gasteiger partial charge on any atom is 0.324 e. The van der Waals surface area contributed by atoms with Crippen molar-refractivity contribution in [1.82, 2.24) is 10.2 Å².